The molecule has 7 heteroatoms. The molecule has 5 nitrogen and oxygen atoms in total. The standard InChI is InChI=1S/C19H15BrFN3O2/c20-13-4-3-5-14(9-13)24-11-12(8-18(24)25)19(26)23-17(10-22)15-6-1-2-7-16(15)21/h1-7,9,12,17H,8,11H2,(H,23,26). The number of carbonyl (C=O) groups excluding carboxylic acids is 2. The van der Waals surface area contributed by atoms with Crippen LogP contribution in [0.4, 0.5) is 10.1 Å². The lowest BCUT2D eigenvalue weighted by Crippen LogP contribution is -2.35. The van der Waals surface area contributed by atoms with Crippen LogP contribution in [0.15, 0.2) is 53.0 Å². The molecule has 132 valence electrons. The minimum absolute atomic E-state index is 0.0494. The van der Waals surface area contributed by atoms with E-state index in [4.69, 9.17) is 0 Å². The number of nitrogens with one attached hydrogen (secondary N) is 1. The molecular formula is C19H15BrFN3O2. The number of nitrogens with zero attached hydrogens (tertiary/aromatic N) is 2. The summed E-state index contributed by atoms with van der Waals surface area (Å²) < 4.78 is 14.7. The molecule has 1 aliphatic heterocycles. The van der Waals surface area contributed by atoms with Gasteiger partial charge in [0.25, 0.3) is 0 Å². The van der Waals surface area contributed by atoms with Crippen LogP contribution in [0.1, 0.15) is 18.0 Å². The first kappa shape index (κ1) is 18.1. The van der Waals surface area contributed by atoms with Gasteiger partial charge in [0.1, 0.15) is 11.9 Å². The van der Waals surface area contributed by atoms with Gasteiger partial charge in [0.2, 0.25) is 11.8 Å². The fourth-order valence-electron chi connectivity index (χ4n) is 2.93. The van der Waals surface area contributed by atoms with E-state index in [0.29, 0.717) is 5.69 Å². The van der Waals surface area contributed by atoms with E-state index in [2.05, 4.69) is 21.2 Å². The van der Waals surface area contributed by atoms with E-state index in [-0.39, 0.29) is 24.4 Å². The molecule has 3 rings (SSSR count). The second-order valence-corrected chi connectivity index (χ2v) is 6.89. The molecule has 0 saturated carbocycles. The predicted octanol–water partition coefficient (Wildman–Crippen LogP) is 3.32. The first-order valence-electron chi connectivity index (χ1n) is 8.00. The Balaban J connectivity index is 1.72. The monoisotopic (exact) mass is 415 g/mol. The highest BCUT2D eigenvalue weighted by molar-refractivity contribution is 9.10. The van der Waals surface area contributed by atoms with Crippen LogP contribution in [-0.4, -0.2) is 18.4 Å². The molecule has 0 bridgehead atoms. The van der Waals surface area contributed by atoms with Gasteiger partial charge in [0, 0.05) is 28.7 Å². The number of halogens is 2. The molecule has 1 heterocycles. The third-order valence-electron chi connectivity index (χ3n) is 4.25. The van der Waals surface area contributed by atoms with E-state index in [1.165, 1.54) is 18.2 Å². The van der Waals surface area contributed by atoms with Gasteiger partial charge in [-0.05, 0) is 24.3 Å². The topological polar surface area (TPSA) is 73.2 Å². The van der Waals surface area contributed by atoms with Crippen molar-refractivity contribution in [3.8, 4) is 6.07 Å². The number of nitriles is 1. The molecule has 0 aromatic heterocycles. The Kier molecular flexibility index (Phi) is 5.33. The molecule has 0 aliphatic carbocycles. The van der Waals surface area contributed by atoms with E-state index in [0.717, 1.165) is 4.47 Å². The Morgan fingerprint density at radius 3 is 2.77 bits per heavy atom. The molecule has 1 saturated heterocycles. The van der Waals surface area contributed by atoms with Crippen LogP contribution in [0.5, 0.6) is 0 Å². The van der Waals surface area contributed by atoms with Gasteiger partial charge in [-0.25, -0.2) is 4.39 Å². The Morgan fingerprint density at radius 1 is 1.31 bits per heavy atom. The maximum absolute atomic E-state index is 13.9. The van der Waals surface area contributed by atoms with E-state index in [1.807, 2.05) is 18.2 Å². The highest BCUT2D eigenvalue weighted by Crippen LogP contribution is 2.28. The molecule has 2 atom stereocenters. The summed E-state index contributed by atoms with van der Waals surface area (Å²) in [7, 11) is 0. The van der Waals surface area contributed by atoms with Gasteiger partial charge in [0.15, 0.2) is 0 Å². The zero-order valence-electron chi connectivity index (χ0n) is 13.7. The molecule has 1 aliphatic rings. The average Bonchev–Trinajstić information content (AvgIpc) is 3.02. The number of carbonyl (C=O) groups is 2. The quantitative estimate of drug-likeness (QED) is 0.831. The first-order chi connectivity index (χ1) is 12.5. The molecule has 0 spiro atoms. The van der Waals surface area contributed by atoms with Gasteiger partial charge in [-0.15, -0.1) is 0 Å². The maximum atomic E-state index is 13.9. The van der Waals surface area contributed by atoms with Gasteiger partial charge in [-0.1, -0.05) is 40.2 Å². The number of hydrogen-bond acceptors (Lipinski definition) is 3. The number of rotatable bonds is 4. The van der Waals surface area contributed by atoms with E-state index in [1.54, 1.807) is 23.1 Å². The summed E-state index contributed by atoms with van der Waals surface area (Å²) in [5.74, 6) is -1.75. The molecule has 1 N–H and O–H groups in total. The third-order valence-corrected chi connectivity index (χ3v) is 4.74. The Bertz CT molecular complexity index is 896. The van der Waals surface area contributed by atoms with Gasteiger partial charge in [-0.2, -0.15) is 5.26 Å². The first-order valence-corrected chi connectivity index (χ1v) is 8.79. The fraction of sp³-hybridized carbons (Fsp3) is 0.211. The molecule has 26 heavy (non-hydrogen) atoms. The lowest BCUT2D eigenvalue weighted by Gasteiger charge is -2.18. The van der Waals surface area contributed by atoms with Crippen molar-refractivity contribution in [2.75, 3.05) is 11.4 Å². The van der Waals surface area contributed by atoms with Crippen molar-refractivity contribution in [2.24, 2.45) is 5.92 Å². The van der Waals surface area contributed by atoms with Gasteiger partial charge < -0.3 is 10.2 Å². The summed E-state index contributed by atoms with van der Waals surface area (Å²) >= 11 is 3.36. The molecule has 1 fully saturated rings. The highest BCUT2D eigenvalue weighted by Gasteiger charge is 2.36. The highest BCUT2D eigenvalue weighted by atomic mass is 79.9. The van der Waals surface area contributed by atoms with Crippen LogP contribution in [0.3, 0.4) is 0 Å². The van der Waals surface area contributed by atoms with Crippen LogP contribution in [0.25, 0.3) is 0 Å². The van der Waals surface area contributed by atoms with Crippen molar-refractivity contribution in [1.82, 2.24) is 5.32 Å². The van der Waals surface area contributed by atoms with Gasteiger partial charge in [-0.3, -0.25) is 9.59 Å². The second kappa shape index (κ2) is 7.67. The van der Waals surface area contributed by atoms with Gasteiger partial charge in [0.05, 0.1) is 12.0 Å². The smallest absolute Gasteiger partial charge is 0.227 e. The fourth-order valence-corrected chi connectivity index (χ4v) is 3.31. The maximum Gasteiger partial charge on any atom is 0.227 e. The van der Waals surface area contributed by atoms with Crippen molar-refractivity contribution in [1.29, 1.82) is 5.26 Å². The lowest BCUT2D eigenvalue weighted by atomic mass is 10.0. The summed E-state index contributed by atoms with van der Waals surface area (Å²) in [5, 5.41) is 11.8. The SMILES string of the molecule is N#CC(NC(=O)C1CC(=O)N(c2cccc(Br)c2)C1)c1ccccc1F. The van der Waals surface area contributed by atoms with Crippen molar-refractivity contribution >= 4 is 33.4 Å². The zero-order valence-corrected chi connectivity index (χ0v) is 15.2. The van der Waals surface area contributed by atoms with Crippen molar-refractivity contribution in [2.45, 2.75) is 12.5 Å². The molecule has 2 unspecified atom stereocenters. The van der Waals surface area contributed by atoms with E-state index in [9.17, 15) is 19.2 Å². The van der Waals surface area contributed by atoms with Gasteiger partial charge >= 0.3 is 0 Å². The molecule has 2 amide bonds. The Hall–Kier alpha value is -2.72. The van der Waals surface area contributed by atoms with E-state index < -0.39 is 23.7 Å². The summed E-state index contributed by atoms with van der Waals surface area (Å²) in [6.45, 7) is 0.219. The summed E-state index contributed by atoms with van der Waals surface area (Å²) in [6, 6.07) is 13.9. The summed E-state index contributed by atoms with van der Waals surface area (Å²) in [6.07, 6.45) is 0.0494. The summed E-state index contributed by atoms with van der Waals surface area (Å²) in [4.78, 5) is 26.3. The number of anilines is 1. The minimum Gasteiger partial charge on any atom is -0.336 e. The third kappa shape index (κ3) is 3.75. The van der Waals surface area contributed by atoms with Crippen molar-refractivity contribution < 1.29 is 14.0 Å². The number of hydrogen-bond donors (Lipinski definition) is 1. The van der Waals surface area contributed by atoms with Crippen molar-refractivity contribution in [3.05, 3.63) is 64.4 Å². The van der Waals surface area contributed by atoms with Crippen LogP contribution in [0.2, 0.25) is 0 Å². The molecular weight excluding hydrogens is 401 g/mol. The number of benzene rings is 2. The normalized spacial score (nSPS) is 17.7. The molecule has 0 radical (unpaired) electrons. The molecule has 2 aromatic rings. The average molecular weight is 416 g/mol. The Morgan fingerprint density at radius 2 is 2.08 bits per heavy atom. The van der Waals surface area contributed by atoms with Crippen LogP contribution in [0, 0.1) is 23.1 Å². The van der Waals surface area contributed by atoms with Crippen LogP contribution < -0.4 is 10.2 Å². The lowest BCUT2D eigenvalue weighted by molar-refractivity contribution is -0.126. The van der Waals surface area contributed by atoms with Crippen molar-refractivity contribution in [3.63, 3.8) is 0 Å². The number of amides is 2. The van der Waals surface area contributed by atoms with Crippen LogP contribution >= 0.6 is 15.9 Å². The van der Waals surface area contributed by atoms with E-state index >= 15 is 0 Å². The minimum atomic E-state index is -1.10. The summed E-state index contributed by atoms with van der Waals surface area (Å²) in [5.41, 5.74) is 0.808. The second-order valence-electron chi connectivity index (χ2n) is 5.98. The zero-order chi connectivity index (χ0) is 18.7. The predicted molar refractivity (Wildman–Crippen MR) is 97.5 cm³/mol. The molecule has 2 aromatic carbocycles. The Labute approximate surface area is 158 Å². The van der Waals surface area contributed by atoms with Crippen LogP contribution in [-0.2, 0) is 9.59 Å². The largest absolute Gasteiger partial charge is 0.336 e.